The monoisotopic (exact) mass is 200 g/mol. The first-order valence-electron chi connectivity index (χ1n) is 4.75. The van der Waals surface area contributed by atoms with Crippen molar-refractivity contribution in [1.82, 2.24) is 0 Å². The Morgan fingerprint density at radius 2 is 1.93 bits per heavy atom. The second-order valence-corrected chi connectivity index (χ2v) is 4.18. The van der Waals surface area contributed by atoms with E-state index in [9.17, 15) is 4.79 Å². The lowest BCUT2D eigenvalue weighted by Gasteiger charge is -2.19. The number of rotatable bonds is 3. The number of carbonyl (C=O) groups excluding carboxylic acids is 1. The molecule has 1 heterocycles. The van der Waals surface area contributed by atoms with Crippen molar-refractivity contribution in [1.29, 1.82) is 0 Å². The largest absolute Gasteiger partial charge is 0.456 e. The van der Waals surface area contributed by atoms with Crippen LogP contribution in [0.5, 0.6) is 0 Å². The summed E-state index contributed by atoms with van der Waals surface area (Å²) in [7, 11) is 0. The van der Waals surface area contributed by atoms with Gasteiger partial charge in [-0.3, -0.25) is 0 Å². The molecule has 0 saturated carbocycles. The van der Waals surface area contributed by atoms with Crippen molar-refractivity contribution in [3.63, 3.8) is 0 Å². The summed E-state index contributed by atoms with van der Waals surface area (Å²) in [6.07, 6.45) is 1.47. The quantitative estimate of drug-likeness (QED) is 0.303. The Morgan fingerprint density at radius 3 is 2.29 bits per heavy atom. The molecule has 0 aromatic carbocycles. The third-order valence-corrected chi connectivity index (χ3v) is 1.56. The molecule has 14 heavy (non-hydrogen) atoms. The maximum absolute atomic E-state index is 11.6. The van der Waals surface area contributed by atoms with Crippen LogP contribution in [-0.4, -0.2) is 11.6 Å². The average Bonchev–Trinajstić information content (AvgIpc) is 2.78. The van der Waals surface area contributed by atoms with Gasteiger partial charge in [-0.25, -0.2) is 14.6 Å². The molecule has 1 saturated heterocycles. The molecular weight excluding hydrogens is 184 g/mol. The minimum absolute atomic E-state index is 0.307. The molecule has 80 valence electrons. The highest BCUT2D eigenvalue weighted by molar-refractivity contribution is 5.89. The van der Waals surface area contributed by atoms with E-state index in [1.54, 1.807) is 0 Å². The molecule has 0 spiro atoms. The second-order valence-electron chi connectivity index (χ2n) is 4.18. The summed E-state index contributed by atoms with van der Waals surface area (Å²) >= 11 is 0. The molecule has 0 N–H and O–H groups in total. The lowest BCUT2D eigenvalue weighted by atomic mass is 10.1. The summed E-state index contributed by atoms with van der Waals surface area (Å²) < 4.78 is 5.20. The van der Waals surface area contributed by atoms with Crippen molar-refractivity contribution in [2.24, 2.45) is 0 Å². The van der Waals surface area contributed by atoms with E-state index in [0.717, 1.165) is 6.42 Å². The lowest BCUT2D eigenvalue weighted by Crippen LogP contribution is -2.25. The zero-order chi connectivity index (χ0) is 10.8. The Bertz CT molecular complexity index is 254. The van der Waals surface area contributed by atoms with E-state index in [1.165, 1.54) is 0 Å². The fourth-order valence-corrected chi connectivity index (χ4v) is 0.999. The topological polar surface area (TPSA) is 51.4 Å². The van der Waals surface area contributed by atoms with Crippen molar-refractivity contribution in [2.75, 3.05) is 0 Å². The van der Waals surface area contributed by atoms with Crippen molar-refractivity contribution in [3.05, 3.63) is 11.5 Å². The fraction of sp³-hybridized carbons (Fsp3) is 0.700. The van der Waals surface area contributed by atoms with Crippen LogP contribution in [0, 0.1) is 0 Å². The van der Waals surface area contributed by atoms with Gasteiger partial charge >= 0.3 is 11.9 Å². The number of carbonyl (C=O) groups is 1. The van der Waals surface area contributed by atoms with Crippen molar-refractivity contribution in [3.8, 4) is 0 Å². The van der Waals surface area contributed by atoms with E-state index in [-0.39, 0.29) is 5.97 Å². The average molecular weight is 200 g/mol. The van der Waals surface area contributed by atoms with Crippen LogP contribution in [0.25, 0.3) is 0 Å². The van der Waals surface area contributed by atoms with Gasteiger partial charge in [0.2, 0.25) is 0 Å². The zero-order valence-corrected chi connectivity index (χ0v) is 9.05. The summed E-state index contributed by atoms with van der Waals surface area (Å²) in [4.78, 5) is 20.7. The van der Waals surface area contributed by atoms with Gasteiger partial charge in [-0.1, -0.05) is 13.3 Å². The summed E-state index contributed by atoms with van der Waals surface area (Å²) in [6, 6.07) is 0. The van der Waals surface area contributed by atoms with Crippen LogP contribution in [0.15, 0.2) is 11.5 Å². The Morgan fingerprint density at radius 1 is 1.36 bits per heavy atom. The standard InChI is InChI=1S/C10H16O4/c1-5-6-7(9-13-14-9)8(11)12-10(2,3)4/h5-6H2,1-4H3. The van der Waals surface area contributed by atoms with Crippen molar-refractivity contribution >= 4 is 5.97 Å². The summed E-state index contributed by atoms with van der Waals surface area (Å²) in [6.45, 7) is 7.46. The van der Waals surface area contributed by atoms with Crippen LogP contribution in [0.3, 0.4) is 0 Å². The first kappa shape index (κ1) is 10.9. The molecule has 0 aromatic heterocycles. The molecule has 0 atom stereocenters. The lowest BCUT2D eigenvalue weighted by molar-refractivity contribution is -0.150. The zero-order valence-electron chi connectivity index (χ0n) is 9.05. The van der Waals surface area contributed by atoms with Crippen molar-refractivity contribution in [2.45, 2.75) is 46.1 Å². The van der Waals surface area contributed by atoms with Crippen LogP contribution < -0.4 is 0 Å². The van der Waals surface area contributed by atoms with Crippen molar-refractivity contribution < 1.29 is 19.3 Å². The summed E-state index contributed by atoms with van der Waals surface area (Å²) in [5, 5.41) is 0. The maximum atomic E-state index is 11.6. The second kappa shape index (κ2) is 3.90. The number of hydrogen-bond donors (Lipinski definition) is 0. The highest BCUT2D eigenvalue weighted by atomic mass is 17.4. The van der Waals surface area contributed by atoms with Gasteiger partial charge in [0.15, 0.2) is 0 Å². The predicted octanol–water partition coefficient (Wildman–Crippen LogP) is 2.30. The molecule has 0 aromatic rings. The van der Waals surface area contributed by atoms with Gasteiger partial charge < -0.3 is 4.74 Å². The third kappa shape index (κ3) is 3.28. The Kier molecular flexibility index (Phi) is 3.03. The van der Waals surface area contributed by atoms with E-state index in [0.29, 0.717) is 17.9 Å². The van der Waals surface area contributed by atoms with Gasteiger partial charge in [-0.15, -0.1) is 0 Å². The fourth-order valence-electron chi connectivity index (χ4n) is 0.999. The molecule has 0 unspecified atom stereocenters. The maximum Gasteiger partial charge on any atom is 0.389 e. The first-order valence-corrected chi connectivity index (χ1v) is 4.75. The van der Waals surface area contributed by atoms with E-state index in [2.05, 4.69) is 9.78 Å². The van der Waals surface area contributed by atoms with Gasteiger partial charge in [-0.2, -0.15) is 0 Å². The predicted molar refractivity (Wildman–Crippen MR) is 49.9 cm³/mol. The molecule has 1 aliphatic rings. The van der Waals surface area contributed by atoms with Crippen LogP contribution in [0.2, 0.25) is 0 Å². The summed E-state index contributed by atoms with van der Waals surface area (Å²) in [5.74, 6) is -0.0482. The SMILES string of the molecule is CCCC(C(=O)OC(C)(C)C)=C1OO1. The minimum Gasteiger partial charge on any atom is -0.456 e. The van der Waals surface area contributed by atoms with E-state index in [1.807, 2.05) is 27.7 Å². The first-order chi connectivity index (χ1) is 6.44. The van der Waals surface area contributed by atoms with Gasteiger partial charge in [0.05, 0.1) is 0 Å². The van der Waals surface area contributed by atoms with Crippen LogP contribution in [0.1, 0.15) is 40.5 Å². The summed E-state index contributed by atoms with van der Waals surface area (Å²) in [5.41, 5.74) is 0.00773. The van der Waals surface area contributed by atoms with E-state index < -0.39 is 5.60 Å². The minimum atomic E-state index is -0.481. The molecule has 4 heteroatoms. The normalized spacial score (nSPS) is 14.1. The Balaban J connectivity index is 2.62. The molecule has 0 amide bonds. The van der Waals surface area contributed by atoms with E-state index >= 15 is 0 Å². The molecule has 1 fully saturated rings. The van der Waals surface area contributed by atoms with E-state index in [4.69, 9.17) is 4.74 Å². The highest BCUT2D eigenvalue weighted by Gasteiger charge is 2.32. The van der Waals surface area contributed by atoms with Gasteiger partial charge in [-0.05, 0) is 27.2 Å². The van der Waals surface area contributed by atoms with Gasteiger partial charge in [0, 0.05) is 0 Å². The van der Waals surface area contributed by atoms with Crippen LogP contribution in [-0.2, 0) is 19.3 Å². The molecule has 1 rings (SSSR count). The third-order valence-electron chi connectivity index (χ3n) is 1.56. The Labute approximate surface area is 83.8 Å². The smallest absolute Gasteiger partial charge is 0.389 e. The molecule has 4 nitrogen and oxygen atoms in total. The number of hydrogen-bond acceptors (Lipinski definition) is 4. The molecular formula is C10H16O4. The molecule has 1 aliphatic heterocycles. The molecule has 0 bridgehead atoms. The molecule has 0 aliphatic carbocycles. The Hall–Kier alpha value is -1.19. The van der Waals surface area contributed by atoms with Crippen LogP contribution >= 0.6 is 0 Å². The number of esters is 1. The van der Waals surface area contributed by atoms with Gasteiger partial charge in [0.25, 0.3) is 0 Å². The van der Waals surface area contributed by atoms with Gasteiger partial charge in [0.1, 0.15) is 11.2 Å². The number of ether oxygens (including phenoxy) is 1. The highest BCUT2D eigenvalue weighted by Crippen LogP contribution is 2.27. The molecule has 0 radical (unpaired) electrons. The van der Waals surface area contributed by atoms with Crippen LogP contribution in [0.4, 0.5) is 0 Å².